The summed E-state index contributed by atoms with van der Waals surface area (Å²) in [5, 5.41) is 11.6. The molecule has 3 saturated carbocycles. The van der Waals surface area contributed by atoms with Crippen LogP contribution in [0, 0.1) is 34.0 Å². The second-order valence-electron chi connectivity index (χ2n) is 11.0. The number of rotatable bonds is 4. The number of esters is 1. The molecule has 3 aliphatic carbocycles. The van der Waals surface area contributed by atoms with E-state index in [1.54, 1.807) is 24.4 Å². The van der Waals surface area contributed by atoms with Crippen molar-refractivity contribution in [3.63, 3.8) is 0 Å². The number of ketones is 1. The lowest BCUT2D eigenvalue weighted by Crippen LogP contribution is -2.63. The average molecular weight is 456 g/mol. The Morgan fingerprint density at radius 3 is 2.70 bits per heavy atom. The Morgan fingerprint density at radius 1 is 1.30 bits per heavy atom. The smallest absolute Gasteiger partial charge is 0.343 e. The molecule has 0 saturated heterocycles. The molecule has 0 aromatic carbocycles. The fourth-order valence-electron chi connectivity index (χ4n) is 7.40. The zero-order valence-corrected chi connectivity index (χ0v) is 20.5. The minimum Gasteiger partial charge on any atom is -0.480 e. The maximum atomic E-state index is 13.4. The first-order chi connectivity index (χ1) is 15.5. The first-order valence-electron chi connectivity index (χ1n) is 12.1. The highest BCUT2D eigenvalue weighted by molar-refractivity contribution is 5.92. The van der Waals surface area contributed by atoms with Gasteiger partial charge in [0, 0.05) is 29.4 Å². The number of pyridine rings is 1. The van der Waals surface area contributed by atoms with Crippen LogP contribution in [0.5, 0.6) is 5.88 Å². The van der Waals surface area contributed by atoms with E-state index in [0.29, 0.717) is 12.8 Å². The Bertz CT molecular complexity index is 962. The van der Waals surface area contributed by atoms with Crippen LogP contribution in [0.3, 0.4) is 0 Å². The molecule has 6 nitrogen and oxygen atoms in total. The van der Waals surface area contributed by atoms with Crippen LogP contribution in [0.1, 0.15) is 70.2 Å². The molecule has 0 aliphatic heterocycles. The largest absolute Gasteiger partial charge is 0.480 e. The van der Waals surface area contributed by atoms with Gasteiger partial charge in [0.2, 0.25) is 5.88 Å². The SMILES string of the molecule is C=C[C@]1(C)C[C@@H](OC(=O)c2cccnc2OC)[C@@]2(C)C3C(=O)CCC3(CC[C@H]2C)[C@@H](C)[C@@H]1O. The molecular formula is C27H37NO5. The summed E-state index contributed by atoms with van der Waals surface area (Å²) in [5.74, 6) is -0.190. The van der Waals surface area contributed by atoms with Crippen LogP contribution < -0.4 is 4.74 Å². The van der Waals surface area contributed by atoms with Gasteiger partial charge < -0.3 is 14.6 Å². The maximum Gasteiger partial charge on any atom is 0.343 e. The summed E-state index contributed by atoms with van der Waals surface area (Å²) in [6.45, 7) is 12.4. The van der Waals surface area contributed by atoms with Gasteiger partial charge in [-0.3, -0.25) is 4.79 Å². The number of hydrogen-bond acceptors (Lipinski definition) is 6. The summed E-state index contributed by atoms with van der Waals surface area (Å²) in [5.41, 5.74) is -1.24. The van der Waals surface area contributed by atoms with Gasteiger partial charge in [-0.2, -0.15) is 0 Å². The number of carbonyl (C=O) groups excluding carboxylic acids is 2. The van der Waals surface area contributed by atoms with Crippen molar-refractivity contribution in [2.75, 3.05) is 7.11 Å². The van der Waals surface area contributed by atoms with Gasteiger partial charge >= 0.3 is 5.97 Å². The first kappa shape index (κ1) is 23.9. The summed E-state index contributed by atoms with van der Waals surface area (Å²) >= 11 is 0. The predicted octanol–water partition coefficient (Wildman–Crippen LogP) is 4.61. The van der Waals surface area contributed by atoms with Gasteiger partial charge in [0.05, 0.1) is 13.2 Å². The van der Waals surface area contributed by atoms with Gasteiger partial charge in [-0.15, -0.1) is 6.58 Å². The fraction of sp³-hybridized carbons (Fsp3) is 0.667. The van der Waals surface area contributed by atoms with E-state index in [1.807, 2.05) is 6.92 Å². The molecular weight excluding hydrogens is 418 g/mol. The van der Waals surface area contributed by atoms with E-state index in [9.17, 15) is 14.7 Å². The third-order valence-electron chi connectivity index (χ3n) is 9.74. The van der Waals surface area contributed by atoms with Crippen molar-refractivity contribution >= 4 is 11.8 Å². The molecule has 0 amide bonds. The van der Waals surface area contributed by atoms with E-state index >= 15 is 0 Å². The van der Waals surface area contributed by atoms with Crippen molar-refractivity contribution < 1.29 is 24.2 Å². The summed E-state index contributed by atoms with van der Waals surface area (Å²) in [4.78, 5) is 31.0. The Labute approximate surface area is 196 Å². The minimum absolute atomic E-state index is 0.0566. The fourth-order valence-corrected chi connectivity index (χ4v) is 7.40. The number of aliphatic hydroxyl groups excluding tert-OH is 1. The van der Waals surface area contributed by atoms with Crippen molar-refractivity contribution in [3.8, 4) is 5.88 Å². The number of hydrogen-bond donors (Lipinski definition) is 1. The summed E-state index contributed by atoms with van der Waals surface area (Å²) < 4.78 is 11.6. The van der Waals surface area contributed by atoms with E-state index < -0.39 is 29.0 Å². The van der Waals surface area contributed by atoms with Gasteiger partial charge in [0.15, 0.2) is 0 Å². The average Bonchev–Trinajstić information content (AvgIpc) is 3.17. The molecule has 4 rings (SSSR count). The van der Waals surface area contributed by atoms with Crippen LogP contribution in [-0.4, -0.2) is 41.2 Å². The quantitative estimate of drug-likeness (QED) is 0.527. The Balaban J connectivity index is 1.85. The Hall–Kier alpha value is -2.21. The molecule has 2 bridgehead atoms. The van der Waals surface area contributed by atoms with Crippen LogP contribution in [0.25, 0.3) is 0 Å². The van der Waals surface area contributed by atoms with Crippen LogP contribution >= 0.6 is 0 Å². The molecule has 1 heterocycles. The monoisotopic (exact) mass is 455 g/mol. The number of methoxy groups -OCH3 is 1. The lowest BCUT2D eigenvalue weighted by molar-refractivity contribution is -0.192. The van der Waals surface area contributed by atoms with Gasteiger partial charge in [0.1, 0.15) is 17.5 Å². The topological polar surface area (TPSA) is 85.7 Å². The second kappa shape index (κ2) is 8.23. The first-order valence-corrected chi connectivity index (χ1v) is 12.1. The zero-order valence-electron chi connectivity index (χ0n) is 20.5. The predicted molar refractivity (Wildman–Crippen MR) is 125 cm³/mol. The number of nitrogens with zero attached hydrogens (tertiary/aromatic N) is 1. The molecule has 6 heteroatoms. The van der Waals surface area contributed by atoms with E-state index in [2.05, 4.69) is 32.3 Å². The summed E-state index contributed by atoms with van der Waals surface area (Å²) in [6.07, 6.45) is 5.65. The molecule has 1 aromatic rings. The van der Waals surface area contributed by atoms with E-state index in [4.69, 9.17) is 9.47 Å². The minimum atomic E-state index is -0.685. The lowest BCUT2D eigenvalue weighted by Gasteiger charge is -2.61. The molecule has 33 heavy (non-hydrogen) atoms. The van der Waals surface area contributed by atoms with Gasteiger partial charge in [-0.05, 0) is 55.1 Å². The van der Waals surface area contributed by atoms with Crippen LogP contribution in [0.2, 0.25) is 0 Å². The van der Waals surface area contributed by atoms with Crippen molar-refractivity contribution in [3.05, 3.63) is 36.5 Å². The van der Waals surface area contributed by atoms with Gasteiger partial charge in [-0.1, -0.05) is 33.8 Å². The Morgan fingerprint density at radius 2 is 2.03 bits per heavy atom. The van der Waals surface area contributed by atoms with Crippen molar-refractivity contribution in [1.29, 1.82) is 0 Å². The summed E-state index contributed by atoms with van der Waals surface area (Å²) in [7, 11) is 1.47. The summed E-state index contributed by atoms with van der Waals surface area (Å²) in [6, 6.07) is 3.31. The standard InChI is InChI=1S/C27H37NO5/c1-7-25(4)15-20(33-24(31)18-9-8-14-28-23(18)32-6)26(5)16(2)10-12-27(17(3)22(25)30)13-11-19(29)21(26)27/h7-9,14,16-17,20-22,30H,1,10-13,15H2,2-6H3/t16-,17+,20-,21?,22+,25-,26+,27?/m1/s1. The van der Waals surface area contributed by atoms with Crippen molar-refractivity contribution in [2.24, 2.45) is 34.0 Å². The third-order valence-corrected chi connectivity index (χ3v) is 9.74. The molecule has 1 aromatic heterocycles. The van der Waals surface area contributed by atoms with E-state index in [1.165, 1.54) is 7.11 Å². The van der Waals surface area contributed by atoms with Crippen molar-refractivity contribution in [1.82, 2.24) is 4.98 Å². The van der Waals surface area contributed by atoms with E-state index in [0.717, 1.165) is 19.3 Å². The zero-order chi connectivity index (χ0) is 24.2. The molecule has 3 aliphatic rings. The molecule has 8 atom stereocenters. The molecule has 0 spiro atoms. The highest BCUT2D eigenvalue weighted by Gasteiger charge is 2.68. The number of Topliss-reactive ketones (excluding diaryl/α,β-unsaturated/α-hetero) is 1. The molecule has 0 radical (unpaired) electrons. The number of ether oxygens (including phenoxy) is 2. The van der Waals surface area contributed by atoms with Crippen LogP contribution in [0.4, 0.5) is 0 Å². The molecule has 1 N–H and O–H groups in total. The van der Waals surface area contributed by atoms with E-state index in [-0.39, 0.29) is 40.4 Å². The maximum absolute atomic E-state index is 13.4. The number of carbonyl (C=O) groups is 2. The van der Waals surface area contributed by atoms with Crippen LogP contribution in [-0.2, 0) is 9.53 Å². The highest BCUT2D eigenvalue weighted by atomic mass is 16.5. The Kier molecular flexibility index (Phi) is 5.97. The van der Waals surface area contributed by atoms with Gasteiger partial charge in [-0.25, -0.2) is 9.78 Å². The lowest BCUT2D eigenvalue weighted by atomic mass is 9.44. The molecule has 2 unspecified atom stereocenters. The normalized spacial score (nSPS) is 42.6. The number of aliphatic hydroxyl groups is 1. The number of aromatic nitrogens is 1. The molecule has 3 fully saturated rings. The second-order valence-corrected chi connectivity index (χ2v) is 11.0. The third kappa shape index (κ3) is 3.36. The highest BCUT2D eigenvalue weighted by Crippen LogP contribution is 2.68. The van der Waals surface area contributed by atoms with Crippen LogP contribution in [0.15, 0.2) is 31.0 Å². The van der Waals surface area contributed by atoms with Gasteiger partial charge in [0.25, 0.3) is 0 Å². The van der Waals surface area contributed by atoms with Crippen molar-refractivity contribution in [2.45, 2.75) is 72.0 Å². The molecule has 180 valence electrons.